The summed E-state index contributed by atoms with van der Waals surface area (Å²) in [6.45, 7) is 0. The Balaban J connectivity index is 2.97. The first-order valence-electron chi connectivity index (χ1n) is 3.39. The van der Waals surface area contributed by atoms with Gasteiger partial charge in [0.1, 0.15) is 0 Å². The molecule has 5 heteroatoms. The normalized spacial score (nSPS) is 11.4. The zero-order valence-electron chi connectivity index (χ0n) is 6.50. The lowest BCUT2D eigenvalue weighted by atomic mass is 10.1. The molecule has 0 bridgehead atoms. The van der Waals surface area contributed by atoms with Crippen LogP contribution in [0.3, 0.4) is 0 Å². The number of ketones is 1. The fraction of sp³-hybridized carbons (Fsp3) is 0. The number of hydrogen-bond donors (Lipinski definition) is 1. The quantitative estimate of drug-likeness (QED) is 0.356. The van der Waals surface area contributed by atoms with Gasteiger partial charge in [0.15, 0.2) is 5.17 Å². The van der Waals surface area contributed by atoms with E-state index >= 15 is 0 Å². The Morgan fingerprint density at radius 2 is 1.85 bits per heavy atom. The summed E-state index contributed by atoms with van der Waals surface area (Å²) in [5.74, 6) is 4.43. The number of carbonyl (C=O) groups excluding carboxylic acids is 1. The third-order valence-corrected chi connectivity index (χ3v) is 1.93. The van der Waals surface area contributed by atoms with Crippen LogP contribution >= 0.6 is 23.2 Å². The Hall–Kier alpha value is -1.06. The molecule has 13 heavy (non-hydrogen) atoms. The number of nitrogens with two attached hydrogens (primary N) is 1. The van der Waals surface area contributed by atoms with Crippen molar-refractivity contribution < 1.29 is 4.79 Å². The monoisotopic (exact) mass is 216 g/mol. The van der Waals surface area contributed by atoms with Crippen molar-refractivity contribution in [3.63, 3.8) is 0 Å². The predicted molar refractivity (Wildman–Crippen MR) is 53.3 cm³/mol. The minimum Gasteiger partial charge on any atom is -0.322 e. The maximum absolute atomic E-state index is 11.3. The number of hydrazone groups is 1. The standard InChI is InChI=1S/C8H6Cl2N2O/c9-6-3-1-5(2-4-6)7(13)8(10)12-11/h1-4H,11H2/b12-8+. The van der Waals surface area contributed by atoms with Gasteiger partial charge in [-0.25, -0.2) is 0 Å². The summed E-state index contributed by atoms with van der Waals surface area (Å²) in [4.78, 5) is 11.3. The van der Waals surface area contributed by atoms with Crippen molar-refractivity contribution in [1.29, 1.82) is 0 Å². The van der Waals surface area contributed by atoms with Gasteiger partial charge in [-0.2, -0.15) is 5.10 Å². The van der Waals surface area contributed by atoms with Crippen molar-refractivity contribution in [2.75, 3.05) is 0 Å². The van der Waals surface area contributed by atoms with Gasteiger partial charge in [0.2, 0.25) is 5.78 Å². The number of rotatable bonds is 2. The summed E-state index contributed by atoms with van der Waals surface area (Å²) < 4.78 is 0. The Kier molecular flexibility index (Phi) is 3.28. The molecule has 0 aromatic heterocycles. The SMILES string of the molecule is N/N=C(/Cl)C(=O)c1ccc(Cl)cc1. The molecule has 0 amide bonds. The van der Waals surface area contributed by atoms with Crippen LogP contribution in [0.5, 0.6) is 0 Å². The molecule has 0 atom stereocenters. The summed E-state index contributed by atoms with van der Waals surface area (Å²) in [7, 11) is 0. The lowest BCUT2D eigenvalue weighted by Gasteiger charge is -1.96. The molecule has 3 nitrogen and oxygen atoms in total. The Labute approximate surface area is 85.1 Å². The molecule has 0 aliphatic rings. The molecule has 68 valence electrons. The maximum Gasteiger partial charge on any atom is 0.224 e. The van der Waals surface area contributed by atoms with Gasteiger partial charge in [0.05, 0.1) is 0 Å². The zero-order chi connectivity index (χ0) is 9.84. The first-order chi connectivity index (χ1) is 6.15. The van der Waals surface area contributed by atoms with Crippen LogP contribution in [-0.4, -0.2) is 11.0 Å². The molecular weight excluding hydrogens is 211 g/mol. The predicted octanol–water partition coefficient (Wildman–Crippen LogP) is 2.03. The molecule has 1 aromatic rings. The summed E-state index contributed by atoms with van der Waals surface area (Å²) in [6, 6.07) is 6.29. The maximum atomic E-state index is 11.3. The van der Waals surface area contributed by atoms with Gasteiger partial charge in [0, 0.05) is 10.6 Å². The molecule has 0 unspecified atom stereocenters. The average molecular weight is 217 g/mol. The van der Waals surface area contributed by atoms with Crippen LogP contribution in [0.4, 0.5) is 0 Å². The van der Waals surface area contributed by atoms with Crippen molar-refractivity contribution in [1.82, 2.24) is 0 Å². The lowest BCUT2D eigenvalue weighted by molar-refractivity contribution is 0.106. The third-order valence-electron chi connectivity index (χ3n) is 1.41. The summed E-state index contributed by atoms with van der Waals surface area (Å²) in [5, 5.41) is 3.39. The molecule has 1 rings (SSSR count). The van der Waals surface area contributed by atoms with E-state index < -0.39 is 5.78 Å². The van der Waals surface area contributed by atoms with Crippen LogP contribution in [0.1, 0.15) is 10.4 Å². The number of halogens is 2. The van der Waals surface area contributed by atoms with Crippen LogP contribution in [0.2, 0.25) is 5.02 Å². The fourth-order valence-corrected chi connectivity index (χ4v) is 1.01. The summed E-state index contributed by atoms with van der Waals surface area (Å²) in [5.41, 5.74) is 0.406. The highest BCUT2D eigenvalue weighted by atomic mass is 35.5. The Morgan fingerprint density at radius 1 is 1.31 bits per heavy atom. The van der Waals surface area contributed by atoms with Crippen molar-refractivity contribution in [3.8, 4) is 0 Å². The van der Waals surface area contributed by atoms with Gasteiger partial charge in [-0.05, 0) is 24.3 Å². The number of nitrogens with zero attached hydrogens (tertiary/aromatic N) is 1. The molecule has 0 aliphatic heterocycles. The topological polar surface area (TPSA) is 55.4 Å². The van der Waals surface area contributed by atoms with Crippen molar-refractivity contribution >= 4 is 34.2 Å². The van der Waals surface area contributed by atoms with Gasteiger partial charge >= 0.3 is 0 Å². The zero-order valence-corrected chi connectivity index (χ0v) is 8.01. The number of Topliss-reactive ketones (excluding diaryl/α,β-unsaturated/α-hetero) is 1. The van der Waals surface area contributed by atoms with Crippen LogP contribution in [0.15, 0.2) is 29.4 Å². The van der Waals surface area contributed by atoms with E-state index in [9.17, 15) is 4.79 Å². The molecule has 2 N–H and O–H groups in total. The molecule has 0 spiro atoms. The lowest BCUT2D eigenvalue weighted by Crippen LogP contribution is -2.09. The van der Waals surface area contributed by atoms with Gasteiger partial charge in [-0.3, -0.25) is 4.79 Å². The number of benzene rings is 1. The Bertz CT molecular complexity index is 346. The first kappa shape index (κ1) is 10.0. The van der Waals surface area contributed by atoms with E-state index in [0.29, 0.717) is 10.6 Å². The molecule has 0 aliphatic carbocycles. The molecule has 0 heterocycles. The van der Waals surface area contributed by atoms with E-state index in [1.165, 1.54) is 0 Å². The Morgan fingerprint density at radius 3 is 2.31 bits per heavy atom. The second kappa shape index (κ2) is 4.25. The van der Waals surface area contributed by atoms with Crippen LogP contribution in [0.25, 0.3) is 0 Å². The second-order valence-corrected chi connectivity index (χ2v) is 3.05. The van der Waals surface area contributed by atoms with Gasteiger partial charge in [-0.1, -0.05) is 23.2 Å². The molecule has 1 aromatic carbocycles. The highest BCUT2D eigenvalue weighted by molar-refractivity contribution is 6.84. The summed E-state index contributed by atoms with van der Waals surface area (Å²) >= 11 is 11.1. The van der Waals surface area contributed by atoms with Gasteiger partial charge in [0.25, 0.3) is 0 Å². The summed E-state index contributed by atoms with van der Waals surface area (Å²) in [6.07, 6.45) is 0. The van der Waals surface area contributed by atoms with E-state index in [4.69, 9.17) is 29.0 Å². The largest absolute Gasteiger partial charge is 0.322 e. The van der Waals surface area contributed by atoms with Crippen molar-refractivity contribution in [2.45, 2.75) is 0 Å². The fourth-order valence-electron chi connectivity index (χ4n) is 0.779. The highest BCUT2D eigenvalue weighted by Crippen LogP contribution is 2.10. The molecule has 0 fully saturated rings. The second-order valence-electron chi connectivity index (χ2n) is 2.26. The van der Waals surface area contributed by atoms with E-state index in [-0.39, 0.29) is 5.17 Å². The van der Waals surface area contributed by atoms with Crippen molar-refractivity contribution in [2.24, 2.45) is 10.9 Å². The highest BCUT2D eigenvalue weighted by Gasteiger charge is 2.10. The number of carbonyl (C=O) groups is 1. The number of hydrogen-bond acceptors (Lipinski definition) is 3. The van der Waals surface area contributed by atoms with Crippen LogP contribution in [-0.2, 0) is 0 Å². The molecule has 0 saturated heterocycles. The smallest absolute Gasteiger partial charge is 0.224 e. The van der Waals surface area contributed by atoms with E-state index in [1.54, 1.807) is 24.3 Å². The minimum atomic E-state index is -0.416. The van der Waals surface area contributed by atoms with E-state index in [0.717, 1.165) is 0 Å². The van der Waals surface area contributed by atoms with Crippen LogP contribution < -0.4 is 5.84 Å². The van der Waals surface area contributed by atoms with E-state index in [2.05, 4.69) is 5.10 Å². The average Bonchev–Trinajstić information content (AvgIpc) is 2.17. The first-order valence-corrected chi connectivity index (χ1v) is 4.14. The van der Waals surface area contributed by atoms with E-state index in [1.807, 2.05) is 0 Å². The molecular formula is C8H6Cl2N2O. The third kappa shape index (κ3) is 2.44. The van der Waals surface area contributed by atoms with Gasteiger partial charge in [-0.15, -0.1) is 0 Å². The van der Waals surface area contributed by atoms with Crippen molar-refractivity contribution in [3.05, 3.63) is 34.9 Å². The van der Waals surface area contributed by atoms with Crippen LogP contribution in [0, 0.1) is 0 Å². The molecule has 0 radical (unpaired) electrons. The molecule has 0 saturated carbocycles. The van der Waals surface area contributed by atoms with Gasteiger partial charge < -0.3 is 5.84 Å². The minimum absolute atomic E-state index is 0.248.